The molecule has 29 heavy (non-hydrogen) atoms. The van der Waals surface area contributed by atoms with Crippen LogP contribution in [0.2, 0.25) is 0 Å². The lowest BCUT2D eigenvalue weighted by molar-refractivity contribution is 0.0617. The van der Waals surface area contributed by atoms with E-state index < -0.39 is 0 Å². The van der Waals surface area contributed by atoms with E-state index in [1.54, 1.807) is 0 Å². The highest BCUT2D eigenvalue weighted by atomic mass is 19.1. The molecule has 0 radical (unpaired) electrons. The SMILES string of the molecule is CC(C)(C)[C@@H]1CCc2onc(C(=O)N3CCN(Cc4ccc(F)cc4)CC3)c2C1. The zero-order chi connectivity index (χ0) is 20.6. The molecular weight excluding hydrogens is 369 g/mol. The number of fused-ring (bicyclic) bond motifs is 1. The second-order valence-electron chi connectivity index (χ2n) is 9.43. The Balaban J connectivity index is 1.38. The summed E-state index contributed by atoms with van der Waals surface area (Å²) >= 11 is 0. The summed E-state index contributed by atoms with van der Waals surface area (Å²) < 4.78 is 18.6. The largest absolute Gasteiger partial charge is 0.360 e. The predicted molar refractivity (Wildman–Crippen MR) is 109 cm³/mol. The van der Waals surface area contributed by atoms with Gasteiger partial charge in [0.05, 0.1) is 0 Å². The van der Waals surface area contributed by atoms with Crippen LogP contribution in [0.15, 0.2) is 28.8 Å². The first-order valence-corrected chi connectivity index (χ1v) is 10.5. The number of carbonyl (C=O) groups is 1. The van der Waals surface area contributed by atoms with Gasteiger partial charge in [0.25, 0.3) is 5.91 Å². The van der Waals surface area contributed by atoms with Crippen LogP contribution in [0.1, 0.15) is 54.6 Å². The van der Waals surface area contributed by atoms with Crippen molar-refractivity contribution >= 4 is 5.91 Å². The van der Waals surface area contributed by atoms with Gasteiger partial charge in [0, 0.05) is 44.7 Å². The van der Waals surface area contributed by atoms with E-state index in [0.717, 1.165) is 55.8 Å². The van der Waals surface area contributed by atoms with E-state index in [9.17, 15) is 9.18 Å². The first-order chi connectivity index (χ1) is 13.8. The van der Waals surface area contributed by atoms with E-state index in [1.165, 1.54) is 12.1 Å². The molecule has 1 amide bonds. The van der Waals surface area contributed by atoms with Gasteiger partial charge in [-0.25, -0.2) is 4.39 Å². The molecule has 4 rings (SSSR count). The van der Waals surface area contributed by atoms with Crippen LogP contribution in [0.5, 0.6) is 0 Å². The van der Waals surface area contributed by atoms with Gasteiger partial charge in [-0.3, -0.25) is 9.69 Å². The molecule has 1 aromatic carbocycles. The molecule has 0 saturated carbocycles. The lowest BCUT2D eigenvalue weighted by atomic mass is 9.71. The summed E-state index contributed by atoms with van der Waals surface area (Å²) in [5.74, 6) is 1.21. The number of amides is 1. The number of halogens is 1. The Hall–Kier alpha value is -2.21. The standard InChI is InChI=1S/C23H30FN3O2/c1-23(2,3)17-6-9-20-19(14-17)21(25-29-20)22(28)27-12-10-26(11-13-27)15-16-4-7-18(24)8-5-16/h4-5,7-8,17H,6,9-15H2,1-3H3/t17-/m1/s1. The Morgan fingerprint density at radius 3 is 2.52 bits per heavy atom. The van der Waals surface area contributed by atoms with Crippen LogP contribution in [0.25, 0.3) is 0 Å². The van der Waals surface area contributed by atoms with Gasteiger partial charge >= 0.3 is 0 Å². The number of aromatic nitrogens is 1. The van der Waals surface area contributed by atoms with Crippen LogP contribution in [-0.4, -0.2) is 47.0 Å². The van der Waals surface area contributed by atoms with Crippen molar-refractivity contribution in [2.75, 3.05) is 26.2 Å². The maximum absolute atomic E-state index is 13.1. The third kappa shape index (κ3) is 4.37. The Morgan fingerprint density at radius 2 is 1.86 bits per heavy atom. The molecule has 1 aliphatic heterocycles. The fourth-order valence-electron chi connectivity index (χ4n) is 4.42. The molecule has 1 atom stereocenters. The second kappa shape index (κ2) is 7.90. The quantitative estimate of drug-likeness (QED) is 0.785. The average Bonchev–Trinajstić information content (AvgIpc) is 3.12. The van der Waals surface area contributed by atoms with Crippen LogP contribution in [0.3, 0.4) is 0 Å². The molecule has 156 valence electrons. The van der Waals surface area contributed by atoms with Crippen LogP contribution in [0.4, 0.5) is 4.39 Å². The van der Waals surface area contributed by atoms with E-state index in [4.69, 9.17) is 4.52 Å². The highest BCUT2D eigenvalue weighted by Crippen LogP contribution is 2.38. The molecule has 2 aromatic rings. The summed E-state index contributed by atoms with van der Waals surface area (Å²) in [6, 6.07) is 6.63. The number of carbonyl (C=O) groups excluding carboxylic acids is 1. The minimum atomic E-state index is -0.214. The van der Waals surface area contributed by atoms with Crippen molar-refractivity contribution in [1.29, 1.82) is 0 Å². The van der Waals surface area contributed by atoms with Gasteiger partial charge in [-0.05, 0) is 41.9 Å². The van der Waals surface area contributed by atoms with Crippen molar-refractivity contribution < 1.29 is 13.7 Å². The second-order valence-corrected chi connectivity index (χ2v) is 9.43. The first kappa shape index (κ1) is 20.1. The van der Waals surface area contributed by atoms with Crippen molar-refractivity contribution in [3.63, 3.8) is 0 Å². The highest BCUT2D eigenvalue weighted by Gasteiger charge is 2.35. The number of aryl methyl sites for hydroxylation is 1. The summed E-state index contributed by atoms with van der Waals surface area (Å²) in [6.45, 7) is 10.5. The van der Waals surface area contributed by atoms with E-state index >= 15 is 0 Å². The van der Waals surface area contributed by atoms with Crippen LogP contribution in [-0.2, 0) is 19.4 Å². The smallest absolute Gasteiger partial charge is 0.276 e. The summed E-state index contributed by atoms with van der Waals surface area (Å²) in [7, 11) is 0. The fraction of sp³-hybridized carbons (Fsp3) is 0.565. The molecule has 1 aliphatic carbocycles. The average molecular weight is 400 g/mol. The summed E-state index contributed by atoms with van der Waals surface area (Å²) in [5, 5.41) is 4.17. The van der Waals surface area contributed by atoms with Crippen LogP contribution < -0.4 is 0 Å². The zero-order valence-corrected chi connectivity index (χ0v) is 17.6. The molecular formula is C23H30FN3O2. The fourth-order valence-corrected chi connectivity index (χ4v) is 4.42. The Kier molecular flexibility index (Phi) is 5.47. The third-order valence-corrected chi connectivity index (χ3v) is 6.45. The third-order valence-electron chi connectivity index (χ3n) is 6.45. The van der Waals surface area contributed by atoms with Crippen molar-refractivity contribution in [1.82, 2.24) is 15.0 Å². The normalized spacial score (nSPS) is 20.6. The van der Waals surface area contributed by atoms with Crippen molar-refractivity contribution in [2.24, 2.45) is 11.3 Å². The van der Waals surface area contributed by atoms with Crippen LogP contribution >= 0.6 is 0 Å². The van der Waals surface area contributed by atoms with E-state index in [2.05, 4.69) is 30.8 Å². The number of nitrogens with zero attached hydrogens (tertiary/aromatic N) is 3. The molecule has 0 N–H and O–H groups in total. The molecule has 6 heteroatoms. The molecule has 0 spiro atoms. The minimum Gasteiger partial charge on any atom is -0.360 e. The van der Waals surface area contributed by atoms with Gasteiger partial charge < -0.3 is 9.42 Å². The maximum atomic E-state index is 13.1. The minimum absolute atomic E-state index is 0.00834. The maximum Gasteiger partial charge on any atom is 0.276 e. The predicted octanol–water partition coefficient (Wildman–Crippen LogP) is 3.92. The van der Waals surface area contributed by atoms with Gasteiger partial charge in [0.15, 0.2) is 5.69 Å². The number of rotatable bonds is 3. The topological polar surface area (TPSA) is 49.6 Å². The molecule has 1 saturated heterocycles. The molecule has 0 unspecified atom stereocenters. The van der Waals surface area contributed by atoms with Gasteiger partial charge in [-0.15, -0.1) is 0 Å². The van der Waals surface area contributed by atoms with E-state index in [1.807, 2.05) is 17.0 Å². The molecule has 2 heterocycles. The van der Waals surface area contributed by atoms with Crippen molar-refractivity contribution in [3.05, 3.63) is 52.7 Å². The lowest BCUT2D eigenvalue weighted by Gasteiger charge is -2.35. The van der Waals surface area contributed by atoms with Crippen molar-refractivity contribution in [2.45, 2.75) is 46.6 Å². The van der Waals surface area contributed by atoms with Gasteiger partial charge in [-0.2, -0.15) is 0 Å². The Morgan fingerprint density at radius 1 is 1.17 bits per heavy atom. The number of piperazine rings is 1. The molecule has 1 fully saturated rings. The van der Waals surface area contributed by atoms with Crippen molar-refractivity contribution in [3.8, 4) is 0 Å². The summed E-state index contributed by atoms with van der Waals surface area (Å²) in [5.41, 5.74) is 2.84. The molecule has 0 bridgehead atoms. The molecule has 5 nitrogen and oxygen atoms in total. The van der Waals surface area contributed by atoms with E-state index in [-0.39, 0.29) is 17.1 Å². The molecule has 1 aromatic heterocycles. The Bertz CT molecular complexity index is 861. The van der Waals surface area contributed by atoms with Gasteiger partial charge in [0.2, 0.25) is 0 Å². The van der Waals surface area contributed by atoms with Gasteiger partial charge in [0.1, 0.15) is 11.6 Å². The highest BCUT2D eigenvalue weighted by molar-refractivity contribution is 5.94. The van der Waals surface area contributed by atoms with E-state index in [0.29, 0.717) is 24.7 Å². The zero-order valence-electron chi connectivity index (χ0n) is 17.6. The number of benzene rings is 1. The number of hydrogen-bond donors (Lipinski definition) is 0. The lowest BCUT2D eigenvalue weighted by Crippen LogP contribution is -2.48. The first-order valence-electron chi connectivity index (χ1n) is 10.5. The van der Waals surface area contributed by atoms with Crippen LogP contribution in [0, 0.1) is 17.2 Å². The monoisotopic (exact) mass is 399 g/mol. The summed E-state index contributed by atoms with van der Waals surface area (Å²) in [6.07, 6.45) is 2.82. The van der Waals surface area contributed by atoms with Gasteiger partial charge in [-0.1, -0.05) is 38.1 Å². The molecule has 2 aliphatic rings. The summed E-state index contributed by atoms with van der Waals surface area (Å²) in [4.78, 5) is 17.3. The number of hydrogen-bond acceptors (Lipinski definition) is 4. The Labute approximate surface area is 171 Å².